The molecule has 2 rings (SSSR count). The van der Waals surface area contributed by atoms with Crippen molar-refractivity contribution in [2.75, 3.05) is 19.6 Å². The van der Waals surface area contributed by atoms with Gasteiger partial charge in [0.25, 0.3) is 0 Å². The number of halogens is 3. The lowest BCUT2D eigenvalue weighted by molar-refractivity contribution is -0.274. The van der Waals surface area contributed by atoms with Crippen molar-refractivity contribution in [1.82, 2.24) is 4.90 Å². The maximum Gasteiger partial charge on any atom is 0.573 e. The highest BCUT2D eigenvalue weighted by molar-refractivity contribution is 5.27. The lowest BCUT2D eigenvalue weighted by Crippen LogP contribution is -2.47. The van der Waals surface area contributed by atoms with E-state index in [2.05, 4.69) is 35.3 Å². The van der Waals surface area contributed by atoms with Crippen molar-refractivity contribution in [2.24, 2.45) is 10.8 Å². The van der Waals surface area contributed by atoms with Crippen LogP contribution in [-0.2, 0) is 6.54 Å². The molecular formula is C19H25F3N2O. The molecule has 138 valence electrons. The lowest BCUT2D eigenvalue weighted by Gasteiger charge is -2.46. The van der Waals surface area contributed by atoms with Crippen LogP contribution < -0.4 is 4.74 Å². The predicted molar refractivity (Wildman–Crippen MR) is 91.0 cm³/mol. The molecular weight excluding hydrogens is 329 g/mol. The van der Waals surface area contributed by atoms with Crippen molar-refractivity contribution >= 4 is 0 Å². The molecule has 0 spiro atoms. The van der Waals surface area contributed by atoms with E-state index < -0.39 is 6.36 Å². The van der Waals surface area contributed by atoms with Gasteiger partial charge in [0.2, 0.25) is 6.54 Å². The normalized spacial score (nSPS) is 18.6. The van der Waals surface area contributed by atoms with Gasteiger partial charge in [-0.2, -0.15) is 0 Å². The van der Waals surface area contributed by atoms with Gasteiger partial charge < -0.3 is 9.58 Å². The molecule has 0 bridgehead atoms. The molecule has 0 unspecified atom stereocenters. The van der Waals surface area contributed by atoms with Gasteiger partial charge in [-0.15, -0.1) is 13.2 Å². The van der Waals surface area contributed by atoms with Gasteiger partial charge in [0, 0.05) is 12.0 Å². The zero-order chi connectivity index (χ0) is 18.7. The molecule has 1 aliphatic rings. The number of rotatable bonds is 4. The van der Waals surface area contributed by atoms with Crippen LogP contribution >= 0.6 is 0 Å². The van der Waals surface area contributed by atoms with Crippen LogP contribution in [0.15, 0.2) is 24.3 Å². The van der Waals surface area contributed by atoms with E-state index in [1.807, 2.05) is 0 Å². The van der Waals surface area contributed by atoms with Gasteiger partial charge in [-0.1, -0.05) is 32.9 Å². The summed E-state index contributed by atoms with van der Waals surface area (Å²) in [7, 11) is 0. The van der Waals surface area contributed by atoms with E-state index >= 15 is 0 Å². The summed E-state index contributed by atoms with van der Waals surface area (Å²) in [5.74, 6) is -0.196. The molecule has 3 nitrogen and oxygen atoms in total. The number of benzene rings is 1. The van der Waals surface area contributed by atoms with Crippen LogP contribution in [0.1, 0.15) is 39.2 Å². The maximum atomic E-state index is 12.2. The molecule has 1 heterocycles. The fourth-order valence-corrected chi connectivity index (χ4v) is 3.49. The standard InChI is InChI=1S/C19H25F3N2O/c1-17(2,3)18(14-23-4)9-11-24(12-10-18)13-15-5-7-16(8-6-15)25-19(20,21)22/h5-8H,9-14H2,1-3H3. The first-order valence-electron chi connectivity index (χ1n) is 8.45. The second-order valence-electron chi connectivity index (χ2n) is 7.81. The third kappa shape index (κ3) is 5.12. The van der Waals surface area contributed by atoms with Gasteiger partial charge in [0.05, 0.1) is 0 Å². The molecule has 25 heavy (non-hydrogen) atoms. The molecule has 0 radical (unpaired) electrons. The molecule has 0 saturated carbocycles. The van der Waals surface area contributed by atoms with E-state index in [4.69, 9.17) is 6.57 Å². The molecule has 0 atom stereocenters. The van der Waals surface area contributed by atoms with E-state index in [0.29, 0.717) is 13.1 Å². The largest absolute Gasteiger partial charge is 0.573 e. The topological polar surface area (TPSA) is 16.8 Å². The van der Waals surface area contributed by atoms with Crippen molar-refractivity contribution in [2.45, 2.75) is 46.5 Å². The Kier molecular flexibility index (Phi) is 5.68. The third-order valence-electron chi connectivity index (χ3n) is 5.35. The van der Waals surface area contributed by atoms with Crippen molar-refractivity contribution < 1.29 is 17.9 Å². The number of likely N-dealkylation sites (tertiary alicyclic amines) is 1. The predicted octanol–water partition coefficient (Wildman–Crippen LogP) is 5.13. The second-order valence-corrected chi connectivity index (χ2v) is 7.81. The Morgan fingerprint density at radius 1 is 1.12 bits per heavy atom. The summed E-state index contributed by atoms with van der Waals surface area (Å²) in [6.45, 7) is 16.9. The van der Waals surface area contributed by atoms with Crippen LogP contribution in [0, 0.1) is 17.4 Å². The highest BCUT2D eigenvalue weighted by atomic mass is 19.4. The minimum absolute atomic E-state index is 0.0374. The summed E-state index contributed by atoms with van der Waals surface area (Å²) in [6, 6.07) is 6.05. The fourth-order valence-electron chi connectivity index (χ4n) is 3.49. The van der Waals surface area contributed by atoms with Crippen molar-refractivity contribution in [1.29, 1.82) is 0 Å². The molecule has 0 aromatic heterocycles. The smallest absolute Gasteiger partial charge is 0.406 e. The van der Waals surface area contributed by atoms with E-state index in [0.717, 1.165) is 31.5 Å². The number of piperidine rings is 1. The molecule has 1 saturated heterocycles. The minimum Gasteiger partial charge on any atom is -0.406 e. The highest BCUT2D eigenvalue weighted by Crippen LogP contribution is 2.47. The van der Waals surface area contributed by atoms with Crippen LogP contribution in [0.4, 0.5) is 13.2 Å². The van der Waals surface area contributed by atoms with Gasteiger partial charge in [0.15, 0.2) is 0 Å². The van der Waals surface area contributed by atoms with Crippen LogP contribution in [-0.4, -0.2) is 30.9 Å². The zero-order valence-electron chi connectivity index (χ0n) is 15.0. The Labute approximate surface area is 147 Å². The number of hydrogen-bond acceptors (Lipinski definition) is 2. The van der Waals surface area contributed by atoms with Gasteiger partial charge in [-0.3, -0.25) is 4.90 Å². The first kappa shape index (κ1) is 19.6. The van der Waals surface area contributed by atoms with Crippen molar-refractivity contribution in [3.63, 3.8) is 0 Å². The number of hydrogen-bond donors (Lipinski definition) is 0. The third-order valence-corrected chi connectivity index (χ3v) is 5.35. The molecule has 1 aromatic carbocycles. The number of nitrogens with zero attached hydrogens (tertiary/aromatic N) is 2. The van der Waals surface area contributed by atoms with Gasteiger partial charge in [-0.05, 0) is 49.0 Å². The second kappa shape index (κ2) is 7.25. The summed E-state index contributed by atoms with van der Waals surface area (Å²) in [6.07, 6.45) is -2.73. The van der Waals surface area contributed by atoms with Crippen molar-refractivity contribution in [3.8, 4) is 5.75 Å². The Bertz CT molecular complexity index is 604. The molecule has 1 aliphatic heterocycles. The summed E-state index contributed by atoms with van der Waals surface area (Å²) in [4.78, 5) is 5.97. The van der Waals surface area contributed by atoms with Crippen LogP contribution in [0.5, 0.6) is 5.75 Å². The van der Waals surface area contributed by atoms with E-state index in [-0.39, 0.29) is 16.6 Å². The molecule has 0 amide bonds. The lowest BCUT2D eigenvalue weighted by atomic mass is 9.61. The van der Waals surface area contributed by atoms with Gasteiger partial charge in [0.1, 0.15) is 5.75 Å². The Morgan fingerprint density at radius 3 is 2.12 bits per heavy atom. The Morgan fingerprint density at radius 2 is 1.68 bits per heavy atom. The number of ether oxygens (including phenoxy) is 1. The van der Waals surface area contributed by atoms with E-state index in [1.165, 1.54) is 12.1 Å². The first-order valence-corrected chi connectivity index (χ1v) is 8.45. The molecule has 1 fully saturated rings. The van der Waals surface area contributed by atoms with Gasteiger partial charge >= 0.3 is 6.36 Å². The minimum atomic E-state index is -4.66. The fraction of sp³-hybridized carbons (Fsp3) is 0.632. The molecule has 6 heteroatoms. The quantitative estimate of drug-likeness (QED) is 0.697. The molecule has 0 aliphatic carbocycles. The number of alkyl halides is 3. The van der Waals surface area contributed by atoms with Crippen LogP contribution in [0.25, 0.3) is 4.85 Å². The molecule has 1 aromatic rings. The monoisotopic (exact) mass is 354 g/mol. The summed E-state index contributed by atoms with van der Waals surface area (Å²) in [5, 5.41) is 0. The summed E-state index contributed by atoms with van der Waals surface area (Å²) in [5.41, 5.74) is 1.08. The Balaban J connectivity index is 1.95. The molecule has 0 N–H and O–H groups in total. The maximum absolute atomic E-state index is 12.2. The van der Waals surface area contributed by atoms with Crippen molar-refractivity contribution in [3.05, 3.63) is 41.2 Å². The van der Waals surface area contributed by atoms with Crippen LogP contribution in [0.2, 0.25) is 0 Å². The average molecular weight is 354 g/mol. The van der Waals surface area contributed by atoms with Crippen LogP contribution in [0.3, 0.4) is 0 Å². The van der Waals surface area contributed by atoms with Gasteiger partial charge in [-0.25, -0.2) is 6.57 Å². The Hall–Kier alpha value is -1.74. The van der Waals surface area contributed by atoms with E-state index in [9.17, 15) is 13.2 Å². The summed E-state index contributed by atoms with van der Waals surface area (Å²) >= 11 is 0. The van der Waals surface area contributed by atoms with E-state index in [1.54, 1.807) is 12.1 Å². The first-order chi connectivity index (χ1) is 11.5. The highest BCUT2D eigenvalue weighted by Gasteiger charge is 2.46. The summed E-state index contributed by atoms with van der Waals surface area (Å²) < 4.78 is 40.5. The SMILES string of the molecule is [C-]#[N+]CC1(C(C)(C)C)CCN(Cc2ccc(OC(F)(F)F)cc2)CC1. The average Bonchev–Trinajstić information content (AvgIpc) is 2.49. The zero-order valence-corrected chi connectivity index (χ0v) is 15.0.